The van der Waals surface area contributed by atoms with Gasteiger partial charge in [-0.3, -0.25) is 4.79 Å². The van der Waals surface area contributed by atoms with Crippen LogP contribution < -0.4 is 0 Å². The molecule has 5 heteroatoms. The molecule has 1 aliphatic heterocycles. The molecule has 0 aromatic heterocycles. The highest BCUT2D eigenvalue weighted by Gasteiger charge is 2.36. The smallest absolute Gasteiger partial charge is 0.305 e. The van der Waals surface area contributed by atoms with E-state index in [2.05, 4.69) is 23.8 Å². The van der Waals surface area contributed by atoms with E-state index in [1.165, 1.54) is 7.11 Å². The standard InChI is InChI=1S/C21H36O5/c1-3-4-10-14-19-18(23)16-20(26-19)17(22)13-11-8-6-5-7-9-12-15-21(24)25-2/h5,7-8,11,17-20,22-23H,3-4,6,9-10,12-16H2,1-2H3/b7-5-,11-8-/t17?,18?,19-,20-/m1/s1. The average molecular weight is 369 g/mol. The first-order chi connectivity index (χ1) is 12.6. The molecule has 4 atom stereocenters. The highest BCUT2D eigenvalue weighted by Crippen LogP contribution is 2.27. The predicted octanol–water partition coefficient (Wildman–Crippen LogP) is 3.68. The number of aliphatic hydroxyl groups excluding tert-OH is 2. The Morgan fingerprint density at radius 3 is 2.73 bits per heavy atom. The molecule has 0 aromatic carbocycles. The number of carbonyl (C=O) groups excluding carboxylic acids is 1. The molecule has 0 bridgehead atoms. The Morgan fingerprint density at radius 1 is 1.23 bits per heavy atom. The Morgan fingerprint density at radius 2 is 2.00 bits per heavy atom. The molecule has 0 aromatic rings. The van der Waals surface area contributed by atoms with Gasteiger partial charge in [0, 0.05) is 12.8 Å². The third-order valence-corrected chi connectivity index (χ3v) is 4.74. The van der Waals surface area contributed by atoms with Crippen molar-refractivity contribution >= 4 is 5.97 Å². The van der Waals surface area contributed by atoms with Crippen molar-refractivity contribution in [2.75, 3.05) is 7.11 Å². The molecule has 0 saturated carbocycles. The zero-order valence-electron chi connectivity index (χ0n) is 16.3. The Kier molecular flexibility index (Phi) is 12.3. The summed E-state index contributed by atoms with van der Waals surface area (Å²) in [6, 6.07) is 0. The monoisotopic (exact) mass is 368 g/mol. The minimum atomic E-state index is -0.568. The molecule has 2 N–H and O–H groups in total. The average Bonchev–Trinajstić information content (AvgIpc) is 3.01. The molecule has 1 aliphatic rings. The fourth-order valence-electron chi connectivity index (χ4n) is 3.11. The maximum absolute atomic E-state index is 11.0. The number of methoxy groups -OCH3 is 1. The largest absolute Gasteiger partial charge is 0.469 e. The van der Waals surface area contributed by atoms with Crippen LogP contribution in [0.5, 0.6) is 0 Å². The first-order valence-electron chi connectivity index (χ1n) is 9.96. The molecule has 0 radical (unpaired) electrons. The summed E-state index contributed by atoms with van der Waals surface area (Å²) in [7, 11) is 1.40. The maximum atomic E-state index is 11.0. The molecule has 26 heavy (non-hydrogen) atoms. The molecule has 1 saturated heterocycles. The number of unbranched alkanes of at least 4 members (excludes halogenated alkanes) is 3. The van der Waals surface area contributed by atoms with Crippen LogP contribution in [0.3, 0.4) is 0 Å². The molecule has 1 fully saturated rings. The van der Waals surface area contributed by atoms with E-state index in [9.17, 15) is 15.0 Å². The predicted molar refractivity (Wildman–Crippen MR) is 103 cm³/mol. The van der Waals surface area contributed by atoms with Crippen molar-refractivity contribution in [1.82, 2.24) is 0 Å². The fraction of sp³-hybridized carbons (Fsp3) is 0.762. The molecule has 1 heterocycles. The van der Waals surface area contributed by atoms with E-state index in [4.69, 9.17) is 4.74 Å². The van der Waals surface area contributed by atoms with Crippen molar-refractivity contribution in [3.05, 3.63) is 24.3 Å². The van der Waals surface area contributed by atoms with Gasteiger partial charge in [-0.15, -0.1) is 0 Å². The topological polar surface area (TPSA) is 76.0 Å². The Labute approximate surface area is 158 Å². The van der Waals surface area contributed by atoms with E-state index in [0.29, 0.717) is 19.3 Å². The van der Waals surface area contributed by atoms with Crippen LogP contribution in [-0.2, 0) is 14.3 Å². The van der Waals surface area contributed by atoms with E-state index >= 15 is 0 Å². The van der Waals surface area contributed by atoms with Crippen molar-refractivity contribution in [1.29, 1.82) is 0 Å². The highest BCUT2D eigenvalue weighted by atomic mass is 16.5. The normalized spacial score (nSPS) is 24.5. The number of rotatable bonds is 13. The van der Waals surface area contributed by atoms with Gasteiger partial charge in [-0.2, -0.15) is 0 Å². The summed E-state index contributed by atoms with van der Waals surface area (Å²) < 4.78 is 10.4. The van der Waals surface area contributed by atoms with Gasteiger partial charge in [0.1, 0.15) is 0 Å². The van der Waals surface area contributed by atoms with Crippen LogP contribution in [0.15, 0.2) is 24.3 Å². The Bertz CT molecular complexity index is 432. The molecule has 2 unspecified atom stereocenters. The van der Waals surface area contributed by atoms with Gasteiger partial charge in [-0.25, -0.2) is 0 Å². The molecule has 1 rings (SSSR count). The maximum Gasteiger partial charge on any atom is 0.305 e. The van der Waals surface area contributed by atoms with Gasteiger partial charge in [0.05, 0.1) is 31.5 Å². The number of carbonyl (C=O) groups is 1. The zero-order chi connectivity index (χ0) is 19.2. The van der Waals surface area contributed by atoms with Crippen LogP contribution in [0.4, 0.5) is 0 Å². The quantitative estimate of drug-likeness (QED) is 0.295. The number of esters is 1. The molecule has 150 valence electrons. The summed E-state index contributed by atoms with van der Waals surface area (Å²) in [6.45, 7) is 2.16. The molecular formula is C21H36O5. The summed E-state index contributed by atoms with van der Waals surface area (Å²) in [5.74, 6) is -0.167. The van der Waals surface area contributed by atoms with Crippen molar-refractivity contribution in [2.24, 2.45) is 0 Å². The lowest BCUT2D eigenvalue weighted by Gasteiger charge is -2.18. The summed E-state index contributed by atoms with van der Waals surface area (Å²) in [4.78, 5) is 11.0. The molecule has 5 nitrogen and oxygen atoms in total. The Hall–Kier alpha value is -1.17. The summed E-state index contributed by atoms with van der Waals surface area (Å²) in [6.07, 6.45) is 14.9. The molecular weight excluding hydrogens is 332 g/mol. The second-order valence-electron chi connectivity index (χ2n) is 6.96. The highest BCUT2D eigenvalue weighted by molar-refractivity contribution is 5.69. The van der Waals surface area contributed by atoms with Crippen molar-refractivity contribution in [3.8, 4) is 0 Å². The van der Waals surface area contributed by atoms with Crippen LogP contribution in [0.1, 0.15) is 71.1 Å². The van der Waals surface area contributed by atoms with Gasteiger partial charge in [-0.1, -0.05) is 50.5 Å². The van der Waals surface area contributed by atoms with E-state index in [0.717, 1.165) is 44.9 Å². The van der Waals surface area contributed by atoms with Gasteiger partial charge in [0.15, 0.2) is 0 Å². The third-order valence-electron chi connectivity index (χ3n) is 4.74. The SMILES string of the molecule is CCCCC[C@H]1O[C@@H](C(O)C/C=C\C/C=C\CCCC(=O)OC)CC1O. The number of allylic oxidation sites excluding steroid dienone is 3. The third kappa shape index (κ3) is 9.51. The van der Waals surface area contributed by atoms with Crippen LogP contribution in [-0.4, -0.2) is 47.7 Å². The second-order valence-corrected chi connectivity index (χ2v) is 6.96. The van der Waals surface area contributed by atoms with Gasteiger partial charge in [-0.05, 0) is 32.1 Å². The van der Waals surface area contributed by atoms with Crippen molar-refractivity contribution < 1.29 is 24.5 Å². The number of ether oxygens (including phenoxy) is 2. The van der Waals surface area contributed by atoms with Crippen LogP contribution >= 0.6 is 0 Å². The molecule has 0 spiro atoms. The Balaban J connectivity index is 2.14. The minimum Gasteiger partial charge on any atom is -0.469 e. The molecule has 0 amide bonds. The van der Waals surface area contributed by atoms with Gasteiger partial charge < -0.3 is 19.7 Å². The van der Waals surface area contributed by atoms with E-state index in [-0.39, 0.29) is 18.2 Å². The first kappa shape index (κ1) is 22.9. The first-order valence-corrected chi connectivity index (χ1v) is 9.96. The number of hydrogen-bond donors (Lipinski definition) is 2. The van der Waals surface area contributed by atoms with E-state index < -0.39 is 12.2 Å². The lowest BCUT2D eigenvalue weighted by Crippen LogP contribution is -2.25. The molecule has 0 aliphatic carbocycles. The van der Waals surface area contributed by atoms with Crippen molar-refractivity contribution in [3.63, 3.8) is 0 Å². The zero-order valence-corrected chi connectivity index (χ0v) is 16.3. The van der Waals surface area contributed by atoms with E-state index in [1.54, 1.807) is 0 Å². The van der Waals surface area contributed by atoms with Gasteiger partial charge >= 0.3 is 5.97 Å². The van der Waals surface area contributed by atoms with Crippen LogP contribution in [0, 0.1) is 0 Å². The van der Waals surface area contributed by atoms with Gasteiger partial charge in [0.25, 0.3) is 0 Å². The lowest BCUT2D eigenvalue weighted by atomic mass is 10.0. The number of aliphatic hydroxyl groups is 2. The van der Waals surface area contributed by atoms with Crippen LogP contribution in [0.25, 0.3) is 0 Å². The summed E-state index contributed by atoms with van der Waals surface area (Å²) in [5, 5.41) is 20.3. The van der Waals surface area contributed by atoms with Crippen LogP contribution in [0.2, 0.25) is 0 Å². The lowest BCUT2D eigenvalue weighted by molar-refractivity contribution is -0.140. The second kappa shape index (κ2) is 14.0. The summed E-state index contributed by atoms with van der Waals surface area (Å²) in [5.41, 5.74) is 0. The van der Waals surface area contributed by atoms with Gasteiger partial charge in [0.2, 0.25) is 0 Å². The summed E-state index contributed by atoms with van der Waals surface area (Å²) >= 11 is 0. The van der Waals surface area contributed by atoms with Crippen molar-refractivity contribution in [2.45, 2.75) is 95.5 Å². The minimum absolute atomic E-state index is 0.127. The fourth-order valence-corrected chi connectivity index (χ4v) is 3.11. The van der Waals surface area contributed by atoms with E-state index in [1.807, 2.05) is 12.2 Å². The number of hydrogen-bond acceptors (Lipinski definition) is 5.